The van der Waals surface area contributed by atoms with Crippen molar-refractivity contribution in [2.75, 3.05) is 6.61 Å². The summed E-state index contributed by atoms with van der Waals surface area (Å²) < 4.78 is 11.2. The van der Waals surface area contributed by atoms with Gasteiger partial charge in [-0.15, -0.1) is 0 Å². The van der Waals surface area contributed by atoms with Crippen LogP contribution in [0.3, 0.4) is 0 Å². The number of carboxylic acids is 1. The van der Waals surface area contributed by atoms with Crippen LogP contribution in [0.15, 0.2) is 46.9 Å². The Balaban J connectivity index is 2.32. The van der Waals surface area contributed by atoms with E-state index in [-0.39, 0.29) is 16.9 Å². The topological polar surface area (TPSA) is 72.8 Å². The van der Waals surface area contributed by atoms with Crippen molar-refractivity contribution in [2.45, 2.75) is 6.92 Å². The maximum Gasteiger partial charge on any atom is 0.347 e. The van der Waals surface area contributed by atoms with E-state index in [0.717, 1.165) is 0 Å². The second kappa shape index (κ2) is 7.09. The molecule has 2 aromatic rings. The highest BCUT2D eigenvalue weighted by atomic mass is 79.9. The summed E-state index contributed by atoms with van der Waals surface area (Å²) >= 11 is 3.18. The Bertz CT molecular complexity index is 711. The molecule has 0 heterocycles. The van der Waals surface area contributed by atoms with Crippen molar-refractivity contribution in [1.82, 2.24) is 0 Å². The van der Waals surface area contributed by atoms with Gasteiger partial charge in [0.25, 0.3) is 0 Å². The number of carbonyl (C=O) groups is 2. The Hall–Kier alpha value is -2.34. The molecule has 0 amide bonds. The van der Waals surface area contributed by atoms with Crippen LogP contribution in [0.2, 0.25) is 0 Å². The van der Waals surface area contributed by atoms with Gasteiger partial charge in [-0.25, -0.2) is 9.59 Å². The fraction of sp³-hybridized carbons (Fsp3) is 0.125. The molecule has 1 N–H and O–H groups in total. The van der Waals surface area contributed by atoms with Crippen molar-refractivity contribution in [3.05, 3.63) is 58.1 Å². The second-order valence-corrected chi connectivity index (χ2v) is 5.18. The lowest BCUT2D eigenvalue weighted by molar-refractivity contribution is 0.0680. The van der Waals surface area contributed by atoms with E-state index in [0.29, 0.717) is 16.8 Å². The maximum absolute atomic E-state index is 12.3. The summed E-state index contributed by atoms with van der Waals surface area (Å²) in [6, 6.07) is 11.0. The Morgan fingerprint density at radius 2 is 1.82 bits per heavy atom. The smallest absolute Gasteiger partial charge is 0.347 e. The molecule has 0 unspecified atom stereocenters. The number of benzene rings is 2. The van der Waals surface area contributed by atoms with E-state index >= 15 is 0 Å². The van der Waals surface area contributed by atoms with Crippen LogP contribution in [0.4, 0.5) is 0 Å². The van der Waals surface area contributed by atoms with Gasteiger partial charge in [0.2, 0.25) is 0 Å². The first kappa shape index (κ1) is 16.0. The summed E-state index contributed by atoms with van der Waals surface area (Å²) in [4.78, 5) is 23.5. The van der Waals surface area contributed by atoms with Gasteiger partial charge < -0.3 is 14.6 Å². The van der Waals surface area contributed by atoms with Gasteiger partial charge in [-0.05, 0) is 37.3 Å². The molecule has 2 aromatic carbocycles. The van der Waals surface area contributed by atoms with Gasteiger partial charge in [-0.1, -0.05) is 28.1 Å². The van der Waals surface area contributed by atoms with Gasteiger partial charge in [-0.2, -0.15) is 0 Å². The highest BCUT2D eigenvalue weighted by Gasteiger charge is 2.18. The summed E-state index contributed by atoms with van der Waals surface area (Å²) in [6.07, 6.45) is 0. The molecule has 22 heavy (non-hydrogen) atoms. The van der Waals surface area contributed by atoms with Crippen LogP contribution in [-0.4, -0.2) is 23.7 Å². The molecule has 114 valence electrons. The summed E-state index contributed by atoms with van der Waals surface area (Å²) in [5, 5.41) is 9.18. The van der Waals surface area contributed by atoms with Crippen LogP contribution in [0.5, 0.6) is 11.5 Å². The molecule has 0 saturated carbocycles. The number of carbonyl (C=O) groups excluding carboxylic acids is 1. The Morgan fingerprint density at radius 3 is 2.50 bits per heavy atom. The number of halogens is 1. The predicted octanol–water partition coefficient (Wildman–Crippen LogP) is 3.77. The minimum atomic E-state index is -1.18. The van der Waals surface area contributed by atoms with Gasteiger partial charge >= 0.3 is 11.9 Å². The minimum absolute atomic E-state index is 0.0213. The molecule has 0 spiro atoms. The largest absolute Gasteiger partial charge is 0.493 e. The van der Waals surface area contributed by atoms with E-state index in [4.69, 9.17) is 9.47 Å². The molecular weight excluding hydrogens is 352 g/mol. The summed E-state index contributed by atoms with van der Waals surface area (Å²) in [6.45, 7) is 2.21. The number of aromatic carboxylic acids is 1. The van der Waals surface area contributed by atoms with Crippen LogP contribution in [0.25, 0.3) is 0 Å². The van der Waals surface area contributed by atoms with E-state index in [9.17, 15) is 14.7 Å². The monoisotopic (exact) mass is 364 g/mol. The fourth-order valence-corrected chi connectivity index (χ4v) is 2.19. The lowest BCUT2D eigenvalue weighted by atomic mass is 10.2. The molecule has 0 bridgehead atoms. The average Bonchev–Trinajstić information content (AvgIpc) is 2.49. The zero-order chi connectivity index (χ0) is 16.1. The maximum atomic E-state index is 12.3. The summed E-state index contributed by atoms with van der Waals surface area (Å²) in [7, 11) is 0. The molecule has 0 saturated heterocycles. The molecule has 0 atom stereocenters. The lowest BCUT2D eigenvalue weighted by Crippen LogP contribution is -2.13. The van der Waals surface area contributed by atoms with Crippen LogP contribution in [0, 0.1) is 0 Å². The van der Waals surface area contributed by atoms with Gasteiger partial charge in [0.15, 0.2) is 0 Å². The Labute approximate surface area is 135 Å². The van der Waals surface area contributed by atoms with E-state index in [2.05, 4.69) is 15.9 Å². The number of carboxylic acid groups (broad SMARTS) is 1. The van der Waals surface area contributed by atoms with Crippen molar-refractivity contribution in [1.29, 1.82) is 0 Å². The van der Waals surface area contributed by atoms with E-state index in [1.165, 1.54) is 12.1 Å². The zero-order valence-electron chi connectivity index (χ0n) is 11.7. The molecule has 6 heteroatoms. The normalized spacial score (nSPS) is 10.1. The van der Waals surface area contributed by atoms with Gasteiger partial charge in [0.1, 0.15) is 22.6 Å². The van der Waals surface area contributed by atoms with E-state index in [1.54, 1.807) is 37.3 Å². The van der Waals surface area contributed by atoms with Gasteiger partial charge in [-0.3, -0.25) is 0 Å². The van der Waals surface area contributed by atoms with Crippen LogP contribution >= 0.6 is 15.9 Å². The van der Waals surface area contributed by atoms with E-state index < -0.39 is 11.9 Å². The highest BCUT2D eigenvalue weighted by Crippen LogP contribution is 2.26. The second-order valence-electron chi connectivity index (χ2n) is 4.26. The molecule has 2 rings (SSSR count). The van der Waals surface area contributed by atoms with E-state index in [1.807, 2.05) is 0 Å². The van der Waals surface area contributed by atoms with Crippen molar-refractivity contribution in [3.8, 4) is 11.5 Å². The van der Waals surface area contributed by atoms with Crippen molar-refractivity contribution in [3.63, 3.8) is 0 Å². The van der Waals surface area contributed by atoms with Crippen molar-refractivity contribution < 1.29 is 24.2 Å². The first-order chi connectivity index (χ1) is 10.5. The van der Waals surface area contributed by atoms with Crippen molar-refractivity contribution >= 4 is 27.9 Å². The quantitative estimate of drug-likeness (QED) is 0.645. The van der Waals surface area contributed by atoms with Crippen molar-refractivity contribution in [2.24, 2.45) is 0 Å². The predicted molar refractivity (Wildman–Crippen MR) is 83.7 cm³/mol. The van der Waals surface area contributed by atoms with Crippen LogP contribution in [0.1, 0.15) is 27.6 Å². The number of ether oxygens (including phenoxy) is 2. The van der Waals surface area contributed by atoms with Gasteiger partial charge in [0, 0.05) is 4.47 Å². The SMILES string of the molecule is CCOc1ccccc1C(=O)Oc1ccc(Br)cc1C(=O)O. The minimum Gasteiger partial charge on any atom is -0.493 e. The Morgan fingerprint density at radius 1 is 1.09 bits per heavy atom. The van der Waals surface area contributed by atoms with Crippen LogP contribution < -0.4 is 9.47 Å². The molecule has 5 nitrogen and oxygen atoms in total. The molecule has 0 radical (unpaired) electrons. The molecule has 0 aliphatic rings. The summed E-state index contributed by atoms with van der Waals surface area (Å²) in [5.41, 5.74) is 0.139. The molecule has 0 aromatic heterocycles. The fourth-order valence-electron chi connectivity index (χ4n) is 1.83. The van der Waals surface area contributed by atoms with Crippen LogP contribution in [-0.2, 0) is 0 Å². The number of esters is 1. The first-order valence-electron chi connectivity index (χ1n) is 6.49. The number of rotatable bonds is 5. The Kier molecular flexibility index (Phi) is 5.16. The third kappa shape index (κ3) is 3.65. The standard InChI is InChI=1S/C16H13BrO5/c1-2-21-13-6-4-3-5-11(13)16(20)22-14-8-7-10(17)9-12(14)15(18)19/h3-9H,2H2,1H3,(H,18,19). The summed E-state index contributed by atoms with van der Waals surface area (Å²) in [5.74, 6) is -1.48. The zero-order valence-corrected chi connectivity index (χ0v) is 13.3. The average molecular weight is 365 g/mol. The molecule has 0 fully saturated rings. The molecule has 0 aliphatic heterocycles. The third-order valence-electron chi connectivity index (χ3n) is 2.78. The highest BCUT2D eigenvalue weighted by molar-refractivity contribution is 9.10. The third-order valence-corrected chi connectivity index (χ3v) is 3.27. The first-order valence-corrected chi connectivity index (χ1v) is 7.29. The number of para-hydroxylation sites is 1. The molecule has 0 aliphatic carbocycles. The van der Waals surface area contributed by atoms with Gasteiger partial charge in [0.05, 0.1) is 6.61 Å². The number of hydrogen-bond donors (Lipinski definition) is 1. The molecular formula is C16H13BrO5. The lowest BCUT2D eigenvalue weighted by Gasteiger charge is -2.11. The number of hydrogen-bond acceptors (Lipinski definition) is 4.